The van der Waals surface area contributed by atoms with Crippen molar-refractivity contribution in [2.45, 2.75) is 33.0 Å². The molecule has 0 aliphatic heterocycles. The van der Waals surface area contributed by atoms with E-state index in [0.717, 1.165) is 21.3 Å². The SMILES string of the molecule is CC[C@@H](C)Oc1c(I)cc(CO)cc1OC. The molecule has 1 aromatic rings. The number of methoxy groups -OCH3 is 1. The van der Waals surface area contributed by atoms with Gasteiger partial charge in [-0.25, -0.2) is 0 Å². The van der Waals surface area contributed by atoms with E-state index in [2.05, 4.69) is 29.5 Å². The third-order valence-corrected chi connectivity index (χ3v) is 3.17. The largest absolute Gasteiger partial charge is 0.493 e. The van der Waals surface area contributed by atoms with Gasteiger partial charge in [0.2, 0.25) is 0 Å². The molecule has 0 spiro atoms. The van der Waals surface area contributed by atoms with E-state index >= 15 is 0 Å². The Kier molecular flexibility index (Phi) is 5.34. The van der Waals surface area contributed by atoms with Crippen LogP contribution >= 0.6 is 22.6 Å². The van der Waals surface area contributed by atoms with Crippen LogP contribution in [0.25, 0.3) is 0 Å². The molecule has 0 saturated heterocycles. The van der Waals surface area contributed by atoms with Crippen molar-refractivity contribution in [1.82, 2.24) is 0 Å². The van der Waals surface area contributed by atoms with Gasteiger partial charge >= 0.3 is 0 Å². The summed E-state index contributed by atoms with van der Waals surface area (Å²) in [5.41, 5.74) is 0.831. The second kappa shape index (κ2) is 6.30. The predicted octanol–water partition coefficient (Wildman–Crippen LogP) is 2.97. The van der Waals surface area contributed by atoms with E-state index in [0.29, 0.717) is 5.75 Å². The molecule has 1 rings (SSSR count). The van der Waals surface area contributed by atoms with Gasteiger partial charge in [-0.3, -0.25) is 0 Å². The lowest BCUT2D eigenvalue weighted by atomic mass is 10.2. The highest BCUT2D eigenvalue weighted by molar-refractivity contribution is 14.1. The summed E-state index contributed by atoms with van der Waals surface area (Å²) in [7, 11) is 1.61. The van der Waals surface area contributed by atoms with Gasteiger partial charge < -0.3 is 14.6 Å². The van der Waals surface area contributed by atoms with Crippen molar-refractivity contribution in [3.05, 3.63) is 21.3 Å². The smallest absolute Gasteiger partial charge is 0.174 e. The molecule has 0 saturated carbocycles. The lowest BCUT2D eigenvalue weighted by Crippen LogP contribution is -2.11. The zero-order chi connectivity index (χ0) is 12.1. The van der Waals surface area contributed by atoms with Gasteiger partial charge in [0, 0.05) is 0 Å². The van der Waals surface area contributed by atoms with Gasteiger partial charge in [0.15, 0.2) is 11.5 Å². The van der Waals surface area contributed by atoms with Crippen LogP contribution in [-0.4, -0.2) is 18.3 Å². The van der Waals surface area contributed by atoms with Crippen molar-refractivity contribution in [3.63, 3.8) is 0 Å². The molecule has 0 bridgehead atoms. The van der Waals surface area contributed by atoms with Crippen LogP contribution in [0, 0.1) is 3.57 Å². The van der Waals surface area contributed by atoms with Crippen LogP contribution in [0.4, 0.5) is 0 Å². The van der Waals surface area contributed by atoms with E-state index in [1.54, 1.807) is 13.2 Å². The summed E-state index contributed by atoms with van der Waals surface area (Å²) in [6.45, 7) is 4.11. The first kappa shape index (κ1) is 13.6. The number of rotatable bonds is 5. The summed E-state index contributed by atoms with van der Waals surface area (Å²) in [6.07, 6.45) is 1.10. The third-order valence-electron chi connectivity index (χ3n) is 2.37. The maximum absolute atomic E-state index is 9.10. The van der Waals surface area contributed by atoms with E-state index in [9.17, 15) is 0 Å². The summed E-state index contributed by atoms with van der Waals surface area (Å²) in [5, 5.41) is 9.10. The molecule has 1 aromatic carbocycles. The van der Waals surface area contributed by atoms with E-state index in [1.165, 1.54) is 0 Å². The van der Waals surface area contributed by atoms with Crippen molar-refractivity contribution >= 4 is 22.6 Å². The minimum Gasteiger partial charge on any atom is -0.493 e. The Labute approximate surface area is 110 Å². The highest BCUT2D eigenvalue weighted by atomic mass is 127. The van der Waals surface area contributed by atoms with Crippen LogP contribution in [-0.2, 0) is 6.61 Å². The minimum absolute atomic E-state index is 0.00989. The number of ether oxygens (including phenoxy) is 2. The number of aliphatic hydroxyl groups excluding tert-OH is 1. The van der Waals surface area contributed by atoms with Gasteiger partial charge in [-0.1, -0.05) is 6.92 Å². The van der Waals surface area contributed by atoms with Crippen molar-refractivity contribution in [2.24, 2.45) is 0 Å². The van der Waals surface area contributed by atoms with Gasteiger partial charge in [-0.05, 0) is 53.6 Å². The summed E-state index contributed by atoms with van der Waals surface area (Å²) < 4.78 is 12.0. The highest BCUT2D eigenvalue weighted by Crippen LogP contribution is 2.34. The number of benzene rings is 1. The van der Waals surface area contributed by atoms with Crippen LogP contribution in [0.15, 0.2) is 12.1 Å². The van der Waals surface area contributed by atoms with Crippen LogP contribution in [0.2, 0.25) is 0 Å². The average molecular weight is 336 g/mol. The van der Waals surface area contributed by atoms with Crippen molar-refractivity contribution < 1.29 is 14.6 Å². The van der Waals surface area contributed by atoms with Crippen LogP contribution < -0.4 is 9.47 Å². The normalized spacial score (nSPS) is 12.3. The first-order valence-corrected chi connectivity index (χ1v) is 6.34. The minimum atomic E-state index is 0.00989. The van der Waals surface area contributed by atoms with Crippen LogP contribution in [0.3, 0.4) is 0 Å². The lowest BCUT2D eigenvalue weighted by molar-refractivity contribution is 0.205. The van der Waals surface area contributed by atoms with Crippen LogP contribution in [0.1, 0.15) is 25.8 Å². The molecule has 4 heteroatoms. The molecule has 0 fully saturated rings. The summed E-state index contributed by atoms with van der Waals surface area (Å²) in [5.74, 6) is 1.44. The van der Waals surface area contributed by atoms with E-state index in [1.807, 2.05) is 13.0 Å². The van der Waals surface area contributed by atoms with Gasteiger partial charge in [-0.2, -0.15) is 0 Å². The fourth-order valence-corrected chi connectivity index (χ4v) is 2.06. The lowest BCUT2D eigenvalue weighted by Gasteiger charge is -2.17. The van der Waals surface area contributed by atoms with Crippen molar-refractivity contribution in [3.8, 4) is 11.5 Å². The summed E-state index contributed by atoms with van der Waals surface area (Å²) >= 11 is 2.19. The molecule has 0 amide bonds. The zero-order valence-electron chi connectivity index (χ0n) is 9.79. The topological polar surface area (TPSA) is 38.7 Å². The summed E-state index contributed by atoms with van der Waals surface area (Å²) in [4.78, 5) is 0. The first-order valence-electron chi connectivity index (χ1n) is 5.26. The van der Waals surface area contributed by atoms with Gasteiger partial charge in [0.05, 0.1) is 23.4 Å². The Morgan fingerprint density at radius 1 is 1.44 bits per heavy atom. The maximum Gasteiger partial charge on any atom is 0.174 e. The molecule has 0 radical (unpaired) electrons. The number of aliphatic hydroxyl groups is 1. The molecule has 0 heterocycles. The van der Waals surface area contributed by atoms with Gasteiger partial charge in [0.1, 0.15) is 0 Å². The molecular formula is C12H17IO3. The molecule has 0 aliphatic rings. The molecule has 90 valence electrons. The van der Waals surface area contributed by atoms with Gasteiger partial charge in [0.25, 0.3) is 0 Å². The molecule has 16 heavy (non-hydrogen) atoms. The molecule has 0 unspecified atom stereocenters. The Hall–Kier alpha value is -0.490. The van der Waals surface area contributed by atoms with E-state index < -0.39 is 0 Å². The second-order valence-corrected chi connectivity index (χ2v) is 4.77. The first-order chi connectivity index (χ1) is 7.62. The van der Waals surface area contributed by atoms with Crippen molar-refractivity contribution in [2.75, 3.05) is 7.11 Å². The van der Waals surface area contributed by atoms with E-state index in [4.69, 9.17) is 14.6 Å². The van der Waals surface area contributed by atoms with Crippen molar-refractivity contribution in [1.29, 1.82) is 0 Å². The second-order valence-electron chi connectivity index (χ2n) is 3.60. The Morgan fingerprint density at radius 3 is 2.62 bits per heavy atom. The fourth-order valence-electron chi connectivity index (χ4n) is 1.26. The summed E-state index contributed by atoms with van der Waals surface area (Å²) in [6, 6.07) is 3.71. The average Bonchev–Trinajstić information content (AvgIpc) is 2.30. The number of halogens is 1. The maximum atomic E-state index is 9.10. The Bertz CT molecular complexity index is 352. The quantitative estimate of drug-likeness (QED) is 0.841. The molecule has 0 aliphatic carbocycles. The van der Waals surface area contributed by atoms with Gasteiger partial charge in [-0.15, -0.1) is 0 Å². The Morgan fingerprint density at radius 2 is 2.12 bits per heavy atom. The molecule has 1 N–H and O–H groups in total. The zero-order valence-corrected chi connectivity index (χ0v) is 11.9. The molecule has 0 aromatic heterocycles. The predicted molar refractivity (Wildman–Crippen MR) is 72.0 cm³/mol. The Balaban J connectivity index is 3.06. The highest BCUT2D eigenvalue weighted by Gasteiger charge is 2.13. The van der Waals surface area contributed by atoms with E-state index in [-0.39, 0.29) is 12.7 Å². The number of hydrogen-bond donors (Lipinski definition) is 1. The monoisotopic (exact) mass is 336 g/mol. The molecule has 3 nitrogen and oxygen atoms in total. The standard InChI is InChI=1S/C12H17IO3/c1-4-8(2)16-12-10(13)5-9(7-14)6-11(12)15-3/h5-6,8,14H,4,7H2,1-3H3/t8-/m1/s1. The fraction of sp³-hybridized carbons (Fsp3) is 0.500. The third kappa shape index (κ3) is 3.25. The van der Waals surface area contributed by atoms with Crippen LogP contribution in [0.5, 0.6) is 11.5 Å². The molecular weight excluding hydrogens is 319 g/mol. The number of hydrogen-bond acceptors (Lipinski definition) is 3. The molecule has 1 atom stereocenters.